The summed E-state index contributed by atoms with van der Waals surface area (Å²) in [5.74, 6) is 0. The Labute approximate surface area is 194 Å². The van der Waals surface area contributed by atoms with E-state index >= 15 is 0 Å². The van der Waals surface area contributed by atoms with Gasteiger partial charge in [0, 0.05) is 33.2 Å². The van der Waals surface area contributed by atoms with Crippen molar-refractivity contribution in [1.82, 2.24) is 19.9 Å². The fraction of sp³-hybridized carbons (Fsp3) is 0. The quantitative estimate of drug-likeness (QED) is 0.289. The highest BCUT2D eigenvalue weighted by Crippen LogP contribution is 2.34. The van der Waals surface area contributed by atoms with Crippen LogP contribution in [0.4, 0.5) is 0 Å². The van der Waals surface area contributed by atoms with Crippen LogP contribution in [0, 0.1) is 0 Å². The van der Waals surface area contributed by atoms with Gasteiger partial charge in [-0.1, -0.05) is 18.2 Å². The van der Waals surface area contributed by atoms with Gasteiger partial charge < -0.3 is 9.97 Å². The van der Waals surface area contributed by atoms with E-state index in [4.69, 9.17) is 4.98 Å². The standard InChI is InChI=1S/C26H18N4O3S/c31-34(32,33)25-4-2-1-3-22(25)26-23-11-9-20(29-23)14-18-7-5-16(27-18)13-17-6-8-19(28-17)15-21-10-12-24(26)30-21/h1-15,27,30H,(H,31,32,33). The molecule has 34 heavy (non-hydrogen) atoms. The number of rotatable bonds is 2. The summed E-state index contributed by atoms with van der Waals surface area (Å²) >= 11 is 0. The second kappa shape index (κ2) is 7.65. The summed E-state index contributed by atoms with van der Waals surface area (Å²) in [4.78, 5) is 15.9. The molecule has 0 saturated carbocycles. The molecule has 0 aliphatic carbocycles. The van der Waals surface area contributed by atoms with E-state index in [1.165, 1.54) is 6.07 Å². The van der Waals surface area contributed by atoms with Gasteiger partial charge in [-0.05, 0) is 72.8 Å². The Morgan fingerprint density at radius 2 is 1.26 bits per heavy atom. The van der Waals surface area contributed by atoms with E-state index in [1.807, 2.05) is 66.8 Å². The molecule has 6 rings (SSSR count). The van der Waals surface area contributed by atoms with Gasteiger partial charge in [-0.25, -0.2) is 9.97 Å². The van der Waals surface area contributed by atoms with Crippen molar-refractivity contribution >= 4 is 56.5 Å². The molecule has 8 bridgehead atoms. The van der Waals surface area contributed by atoms with Gasteiger partial charge in [0.1, 0.15) is 4.90 Å². The minimum atomic E-state index is -4.46. The Morgan fingerprint density at radius 1 is 0.676 bits per heavy atom. The minimum Gasteiger partial charge on any atom is -0.355 e. The number of aromatic amines is 2. The Morgan fingerprint density at radius 3 is 1.97 bits per heavy atom. The summed E-state index contributed by atoms with van der Waals surface area (Å²) in [7, 11) is -4.46. The minimum absolute atomic E-state index is 0.181. The third-order valence-electron chi connectivity index (χ3n) is 5.65. The lowest BCUT2D eigenvalue weighted by Crippen LogP contribution is -2.01. The summed E-state index contributed by atoms with van der Waals surface area (Å²) in [6.45, 7) is 0. The van der Waals surface area contributed by atoms with Crippen LogP contribution < -0.4 is 0 Å². The summed E-state index contributed by atoms with van der Waals surface area (Å²) in [5, 5.41) is 0. The smallest absolute Gasteiger partial charge is 0.295 e. The first-order valence-corrected chi connectivity index (χ1v) is 12.0. The third-order valence-corrected chi connectivity index (χ3v) is 6.57. The largest absolute Gasteiger partial charge is 0.355 e. The van der Waals surface area contributed by atoms with Crippen molar-refractivity contribution in [2.24, 2.45) is 0 Å². The lowest BCUT2D eigenvalue weighted by Gasteiger charge is -2.08. The lowest BCUT2D eigenvalue weighted by atomic mass is 10.0. The van der Waals surface area contributed by atoms with Crippen LogP contribution >= 0.6 is 0 Å². The van der Waals surface area contributed by atoms with Crippen molar-refractivity contribution in [2.45, 2.75) is 4.90 Å². The van der Waals surface area contributed by atoms with E-state index in [2.05, 4.69) is 15.0 Å². The normalized spacial score (nSPS) is 12.9. The molecule has 8 heteroatoms. The molecule has 166 valence electrons. The topological polar surface area (TPSA) is 112 Å². The Bertz CT molecular complexity index is 1790. The molecule has 1 aromatic carbocycles. The number of nitrogens with one attached hydrogen (secondary N) is 2. The second-order valence-electron chi connectivity index (χ2n) is 8.03. The van der Waals surface area contributed by atoms with Gasteiger partial charge in [0.25, 0.3) is 10.1 Å². The molecule has 0 fully saturated rings. The Kier molecular flexibility index (Phi) is 4.58. The first-order chi connectivity index (χ1) is 16.4. The van der Waals surface area contributed by atoms with Crippen LogP contribution in [0.5, 0.6) is 0 Å². The van der Waals surface area contributed by atoms with Gasteiger partial charge in [0.05, 0.1) is 22.8 Å². The maximum absolute atomic E-state index is 12.2. The molecule has 3 aromatic heterocycles. The van der Waals surface area contributed by atoms with Crippen molar-refractivity contribution in [3.63, 3.8) is 0 Å². The van der Waals surface area contributed by atoms with E-state index < -0.39 is 10.1 Å². The number of aromatic nitrogens is 4. The van der Waals surface area contributed by atoms with Crippen LogP contribution in [-0.2, 0) is 10.1 Å². The molecule has 0 spiro atoms. The van der Waals surface area contributed by atoms with Crippen LogP contribution in [0.1, 0.15) is 22.8 Å². The Hall–Kier alpha value is -4.27. The molecule has 0 amide bonds. The van der Waals surface area contributed by atoms with Gasteiger partial charge in [-0.3, -0.25) is 4.55 Å². The number of hydrogen-bond acceptors (Lipinski definition) is 4. The number of H-pyrrole nitrogens is 2. The lowest BCUT2D eigenvalue weighted by molar-refractivity contribution is 0.483. The van der Waals surface area contributed by atoms with E-state index in [0.717, 1.165) is 27.9 Å². The van der Waals surface area contributed by atoms with Crippen LogP contribution in [0.15, 0.2) is 71.6 Å². The van der Waals surface area contributed by atoms with Gasteiger partial charge >= 0.3 is 0 Å². The predicted molar refractivity (Wildman–Crippen MR) is 134 cm³/mol. The Balaban J connectivity index is 1.75. The predicted octanol–water partition coefficient (Wildman–Crippen LogP) is 5.57. The average molecular weight is 467 g/mol. The molecule has 7 nitrogen and oxygen atoms in total. The second-order valence-corrected chi connectivity index (χ2v) is 9.42. The van der Waals surface area contributed by atoms with Crippen LogP contribution in [-0.4, -0.2) is 32.9 Å². The summed E-state index contributed by atoms with van der Waals surface area (Å²) in [6, 6.07) is 19.9. The summed E-state index contributed by atoms with van der Waals surface area (Å²) < 4.78 is 34.2. The van der Waals surface area contributed by atoms with Gasteiger partial charge in [-0.15, -0.1) is 0 Å². The SMILES string of the molecule is O=S(=O)(O)c1ccccc1-c1c2nc(cc3ccc(cc4nc(cc5ccc1[nH]5)C=C4)[nH]3)C=C2. The van der Waals surface area contributed by atoms with E-state index in [0.29, 0.717) is 28.0 Å². The molecule has 0 saturated heterocycles. The van der Waals surface area contributed by atoms with Crippen LogP contribution in [0.3, 0.4) is 0 Å². The van der Waals surface area contributed by atoms with E-state index in [-0.39, 0.29) is 4.90 Å². The monoisotopic (exact) mass is 466 g/mol. The number of hydrogen-bond donors (Lipinski definition) is 3. The molecule has 3 N–H and O–H groups in total. The van der Waals surface area contributed by atoms with Crippen LogP contribution in [0.25, 0.3) is 57.5 Å². The van der Waals surface area contributed by atoms with E-state index in [1.54, 1.807) is 18.2 Å². The van der Waals surface area contributed by atoms with Crippen molar-refractivity contribution < 1.29 is 13.0 Å². The van der Waals surface area contributed by atoms with Gasteiger partial charge in [-0.2, -0.15) is 8.42 Å². The van der Waals surface area contributed by atoms with Crippen LogP contribution in [0.2, 0.25) is 0 Å². The average Bonchev–Trinajstić information content (AvgIpc) is 3.59. The molecule has 0 radical (unpaired) electrons. The zero-order valence-electron chi connectivity index (χ0n) is 17.7. The maximum Gasteiger partial charge on any atom is 0.295 e. The molecule has 0 unspecified atom stereocenters. The maximum atomic E-state index is 12.2. The fourth-order valence-corrected chi connectivity index (χ4v) is 4.89. The summed E-state index contributed by atoms with van der Waals surface area (Å²) in [6.07, 6.45) is 7.59. The summed E-state index contributed by atoms with van der Waals surface area (Å²) in [5.41, 5.74) is 7.11. The highest BCUT2D eigenvalue weighted by Gasteiger charge is 2.20. The first kappa shape index (κ1) is 20.3. The fourth-order valence-electron chi connectivity index (χ4n) is 4.19. The molecular weight excluding hydrogens is 448 g/mol. The molecular formula is C26H18N4O3S. The third kappa shape index (κ3) is 3.75. The zero-order valence-corrected chi connectivity index (χ0v) is 18.5. The first-order valence-electron chi connectivity index (χ1n) is 10.6. The number of benzene rings is 1. The van der Waals surface area contributed by atoms with E-state index in [9.17, 15) is 13.0 Å². The van der Waals surface area contributed by atoms with Crippen molar-refractivity contribution in [3.8, 4) is 11.1 Å². The van der Waals surface area contributed by atoms with Gasteiger partial charge in [0.15, 0.2) is 0 Å². The van der Waals surface area contributed by atoms with Crippen molar-refractivity contribution in [2.75, 3.05) is 0 Å². The number of nitrogens with zero attached hydrogens (tertiary/aromatic N) is 2. The van der Waals surface area contributed by atoms with Crippen molar-refractivity contribution in [3.05, 3.63) is 89.5 Å². The highest BCUT2D eigenvalue weighted by molar-refractivity contribution is 7.86. The van der Waals surface area contributed by atoms with Crippen molar-refractivity contribution in [1.29, 1.82) is 0 Å². The molecule has 2 aliphatic heterocycles. The molecule has 2 aliphatic rings. The molecule has 4 aromatic rings. The molecule has 5 heterocycles. The highest BCUT2D eigenvalue weighted by atomic mass is 32.2. The zero-order chi connectivity index (χ0) is 23.3. The molecule has 0 atom stereocenters. The number of fused-ring (bicyclic) bond motifs is 8. The van der Waals surface area contributed by atoms with Gasteiger partial charge in [0.2, 0.25) is 0 Å².